The molecule has 6 heteroatoms. The smallest absolute Gasteiger partial charge is 0.261 e. The predicted molar refractivity (Wildman–Crippen MR) is 98.7 cm³/mol. The van der Waals surface area contributed by atoms with E-state index in [0.29, 0.717) is 29.5 Å². The molecule has 1 fully saturated rings. The van der Waals surface area contributed by atoms with Crippen LogP contribution >= 0.6 is 11.8 Å². The molecule has 1 atom stereocenters. The van der Waals surface area contributed by atoms with Crippen LogP contribution in [0.3, 0.4) is 0 Å². The maximum atomic E-state index is 12.3. The van der Waals surface area contributed by atoms with Gasteiger partial charge in [-0.15, -0.1) is 11.8 Å². The highest BCUT2D eigenvalue weighted by molar-refractivity contribution is 8.00. The first-order valence-electron chi connectivity index (χ1n) is 8.95. The first-order chi connectivity index (χ1) is 12.1. The van der Waals surface area contributed by atoms with Gasteiger partial charge in [0.25, 0.3) is 11.8 Å². The van der Waals surface area contributed by atoms with Gasteiger partial charge in [-0.2, -0.15) is 0 Å². The minimum atomic E-state index is -0.236. The summed E-state index contributed by atoms with van der Waals surface area (Å²) in [4.78, 5) is 38.1. The standard InChI is InChI=1S/C19H24N2O3S/c1-13(17(22)20-14-7-3-2-4-8-14)25-12-11-21-18(23)15-9-5-6-10-16(15)19(21)24/h5-6,9-10,13-14H,2-4,7-8,11-12H2,1H3,(H,20,22). The lowest BCUT2D eigenvalue weighted by atomic mass is 9.95. The molecule has 5 nitrogen and oxygen atoms in total. The maximum absolute atomic E-state index is 12.3. The molecule has 0 aromatic heterocycles. The van der Waals surface area contributed by atoms with Gasteiger partial charge in [-0.05, 0) is 31.9 Å². The Hall–Kier alpha value is -1.82. The van der Waals surface area contributed by atoms with E-state index in [9.17, 15) is 14.4 Å². The summed E-state index contributed by atoms with van der Waals surface area (Å²) in [5.74, 6) is 0.144. The number of benzene rings is 1. The van der Waals surface area contributed by atoms with Gasteiger partial charge in [-0.1, -0.05) is 31.4 Å². The molecule has 3 rings (SSSR count). The van der Waals surface area contributed by atoms with Crippen molar-refractivity contribution in [1.82, 2.24) is 10.2 Å². The van der Waals surface area contributed by atoms with Gasteiger partial charge in [-0.25, -0.2) is 0 Å². The lowest BCUT2D eigenvalue weighted by molar-refractivity contribution is -0.121. The van der Waals surface area contributed by atoms with Crippen molar-refractivity contribution in [2.24, 2.45) is 0 Å². The Morgan fingerprint density at radius 3 is 2.36 bits per heavy atom. The van der Waals surface area contributed by atoms with E-state index in [1.54, 1.807) is 24.3 Å². The van der Waals surface area contributed by atoms with Gasteiger partial charge in [0.2, 0.25) is 5.91 Å². The first-order valence-corrected chi connectivity index (χ1v) is 10.00. The second-order valence-corrected chi connectivity index (χ2v) is 8.11. The first kappa shape index (κ1) is 18.0. The molecular formula is C19H24N2O3S. The number of carbonyl (C=O) groups excluding carboxylic acids is 3. The summed E-state index contributed by atoms with van der Waals surface area (Å²) in [6.45, 7) is 2.21. The number of thioether (sulfide) groups is 1. The van der Waals surface area contributed by atoms with Gasteiger partial charge >= 0.3 is 0 Å². The van der Waals surface area contributed by atoms with Gasteiger partial charge in [0.15, 0.2) is 0 Å². The average Bonchev–Trinajstić information content (AvgIpc) is 2.87. The normalized spacial score (nSPS) is 19.0. The Morgan fingerprint density at radius 2 is 1.76 bits per heavy atom. The van der Waals surface area contributed by atoms with E-state index in [4.69, 9.17) is 0 Å². The number of fused-ring (bicyclic) bond motifs is 1. The van der Waals surface area contributed by atoms with Crippen molar-refractivity contribution in [3.8, 4) is 0 Å². The van der Waals surface area contributed by atoms with Crippen molar-refractivity contribution in [1.29, 1.82) is 0 Å². The number of nitrogens with one attached hydrogen (secondary N) is 1. The van der Waals surface area contributed by atoms with Crippen LogP contribution in [0.5, 0.6) is 0 Å². The van der Waals surface area contributed by atoms with Crippen LogP contribution in [-0.4, -0.2) is 46.2 Å². The molecule has 1 saturated carbocycles. The number of imide groups is 1. The molecule has 1 heterocycles. The molecule has 0 spiro atoms. The van der Waals surface area contributed by atoms with E-state index in [2.05, 4.69) is 5.32 Å². The summed E-state index contributed by atoms with van der Waals surface area (Å²) in [6.07, 6.45) is 5.77. The molecule has 0 saturated heterocycles. The summed E-state index contributed by atoms with van der Waals surface area (Å²) < 4.78 is 0. The molecule has 1 N–H and O–H groups in total. The summed E-state index contributed by atoms with van der Waals surface area (Å²) in [7, 11) is 0. The van der Waals surface area contributed by atoms with Crippen LogP contribution in [0.25, 0.3) is 0 Å². The van der Waals surface area contributed by atoms with Gasteiger partial charge < -0.3 is 5.32 Å². The minimum Gasteiger partial charge on any atom is -0.352 e. The topological polar surface area (TPSA) is 66.5 Å². The number of hydrogen-bond acceptors (Lipinski definition) is 4. The zero-order chi connectivity index (χ0) is 17.8. The molecule has 1 aliphatic carbocycles. The van der Waals surface area contributed by atoms with Crippen LogP contribution in [0.2, 0.25) is 0 Å². The second-order valence-electron chi connectivity index (χ2n) is 6.66. The summed E-state index contributed by atoms with van der Waals surface area (Å²) >= 11 is 1.48. The van der Waals surface area contributed by atoms with E-state index in [0.717, 1.165) is 12.8 Å². The fourth-order valence-electron chi connectivity index (χ4n) is 3.40. The zero-order valence-electron chi connectivity index (χ0n) is 14.5. The van der Waals surface area contributed by atoms with E-state index in [-0.39, 0.29) is 23.0 Å². The molecule has 2 aliphatic rings. The van der Waals surface area contributed by atoms with E-state index >= 15 is 0 Å². The van der Waals surface area contributed by atoms with Crippen molar-refractivity contribution >= 4 is 29.5 Å². The number of nitrogens with zero attached hydrogens (tertiary/aromatic N) is 1. The van der Waals surface area contributed by atoms with Gasteiger partial charge in [0.1, 0.15) is 0 Å². The predicted octanol–water partition coefficient (Wildman–Crippen LogP) is 2.85. The number of carbonyl (C=O) groups is 3. The highest BCUT2D eigenvalue weighted by atomic mass is 32.2. The lowest BCUT2D eigenvalue weighted by Crippen LogP contribution is -2.40. The maximum Gasteiger partial charge on any atom is 0.261 e. The van der Waals surface area contributed by atoms with Crippen molar-refractivity contribution in [2.45, 2.75) is 50.3 Å². The molecule has 3 amide bonds. The van der Waals surface area contributed by atoms with E-state index in [1.807, 2.05) is 6.92 Å². The summed E-state index contributed by atoms with van der Waals surface area (Å²) in [5, 5.41) is 2.94. The molecule has 1 aromatic rings. The van der Waals surface area contributed by atoms with Crippen LogP contribution in [0, 0.1) is 0 Å². The molecule has 0 radical (unpaired) electrons. The molecule has 1 aliphatic heterocycles. The van der Waals surface area contributed by atoms with Crippen LogP contribution in [-0.2, 0) is 4.79 Å². The Balaban J connectivity index is 1.46. The monoisotopic (exact) mass is 360 g/mol. The van der Waals surface area contributed by atoms with E-state index in [1.165, 1.54) is 35.9 Å². The number of amides is 3. The van der Waals surface area contributed by atoms with Gasteiger partial charge in [0, 0.05) is 18.3 Å². The van der Waals surface area contributed by atoms with Crippen molar-refractivity contribution in [3.63, 3.8) is 0 Å². The van der Waals surface area contributed by atoms with Crippen LogP contribution < -0.4 is 5.32 Å². The molecule has 25 heavy (non-hydrogen) atoms. The Morgan fingerprint density at radius 1 is 1.16 bits per heavy atom. The molecule has 0 bridgehead atoms. The summed E-state index contributed by atoms with van der Waals surface area (Å²) in [5.41, 5.74) is 0.946. The average molecular weight is 360 g/mol. The van der Waals surface area contributed by atoms with Crippen LogP contribution in [0.4, 0.5) is 0 Å². The third-order valence-electron chi connectivity index (χ3n) is 4.88. The molecule has 1 unspecified atom stereocenters. The number of rotatable bonds is 6. The molecule has 1 aromatic carbocycles. The summed E-state index contributed by atoms with van der Waals surface area (Å²) in [6, 6.07) is 7.20. The zero-order valence-corrected chi connectivity index (χ0v) is 15.3. The minimum absolute atomic E-state index is 0.0549. The second kappa shape index (κ2) is 8.04. The molecular weight excluding hydrogens is 336 g/mol. The Labute approximate surface area is 152 Å². The Kier molecular flexibility index (Phi) is 5.78. The fraction of sp³-hybridized carbons (Fsp3) is 0.526. The third-order valence-corrected chi connectivity index (χ3v) is 6.01. The van der Waals surface area contributed by atoms with Gasteiger partial charge in [-0.3, -0.25) is 19.3 Å². The highest BCUT2D eigenvalue weighted by Gasteiger charge is 2.34. The van der Waals surface area contributed by atoms with Crippen LogP contribution in [0.1, 0.15) is 59.7 Å². The van der Waals surface area contributed by atoms with Crippen molar-refractivity contribution in [2.75, 3.05) is 12.3 Å². The largest absolute Gasteiger partial charge is 0.352 e. The van der Waals surface area contributed by atoms with E-state index < -0.39 is 0 Å². The molecule has 134 valence electrons. The Bertz CT molecular complexity index is 635. The number of hydrogen-bond donors (Lipinski definition) is 1. The van der Waals surface area contributed by atoms with Crippen LogP contribution in [0.15, 0.2) is 24.3 Å². The van der Waals surface area contributed by atoms with Gasteiger partial charge in [0.05, 0.1) is 16.4 Å². The van der Waals surface area contributed by atoms with Crippen molar-refractivity contribution in [3.05, 3.63) is 35.4 Å². The lowest BCUT2D eigenvalue weighted by Gasteiger charge is -2.24. The quantitative estimate of drug-likeness (QED) is 0.792. The third kappa shape index (κ3) is 4.06. The fourth-order valence-corrected chi connectivity index (χ4v) is 4.27. The highest BCUT2D eigenvalue weighted by Crippen LogP contribution is 2.23. The SMILES string of the molecule is CC(SCCN1C(=O)c2ccccc2C1=O)C(=O)NC1CCCCC1. The van der Waals surface area contributed by atoms with Crippen molar-refractivity contribution < 1.29 is 14.4 Å².